The van der Waals surface area contributed by atoms with E-state index in [0.717, 1.165) is 11.3 Å². The molecule has 0 saturated carbocycles. The Morgan fingerprint density at radius 2 is 1.90 bits per heavy atom. The molecule has 29 heavy (non-hydrogen) atoms. The molecular weight excluding hydrogens is 388 g/mol. The first-order valence-corrected chi connectivity index (χ1v) is 10.1. The first-order valence-electron chi connectivity index (χ1n) is 9.28. The van der Waals surface area contributed by atoms with Crippen LogP contribution in [0.25, 0.3) is 6.08 Å². The molecule has 1 saturated heterocycles. The first-order chi connectivity index (χ1) is 13.9. The highest BCUT2D eigenvalue weighted by atomic mass is 32.2. The predicted octanol–water partition coefficient (Wildman–Crippen LogP) is 4.80. The SMILES string of the molecule is CCN1C(=O)/C(=C\c2ccccc2OC(C)C)SC1=Nc1ccc(C(=O)O)cc1. The van der Waals surface area contributed by atoms with Gasteiger partial charge in [0, 0.05) is 12.1 Å². The number of amidine groups is 1. The van der Waals surface area contributed by atoms with Gasteiger partial charge in [0.25, 0.3) is 5.91 Å². The van der Waals surface area contributed by atoms with E-state index in [1.807, 2.05) is 51.1 Å². The highest BCUT2D eigenvalue weighted by molar-refractivity contribution is 8.18. The molecule has 0 aromatic heterocycles. The molecule has 7 heteroatoms. The number of benzene rings is 2. The van der Waals surface area contributed by atoms with E-state index in [1.165, 1.54) is 23.9 Å². The number of likely N-dealkylation sites (N-methyl/N-ethyl adjacent to an activating group) is 1. The summed E-state index contributed by atoms with van der Waals surface area (Å²) >= 11 is 1.29. The van der Waals surface area contributed by atoms with Gasteiger partial charge in [0.2, 0.25) is 0 Å². The van der Waals surface area contributed by atoms with Crippen molar-refractivity contribution in [2.45, 2.75) is 26.9 Å². The van der Waals surface area contributed by atoms with Crippen LogP contribution in [0.15, 0.2) is 58.4 Å². The zero-order chi connectivity index (χ0) is 21.0. The first kappa shape index (κ1) is 20.7. The normalized spacial score (nSPS) is 16.8. The van der Waals surface area contributed by atoms with Crippen LogP contribution in [0, 0.1) is 0 Å². The summed E-state index contributed by atoms with van der Waals surface area (Å²) in [5, 5.41) is 9.58. The van der Waals surface area contributed by atoms with Crippen molar-refractivity contribution in [1.82, 2.24) is 4.90 Å². The van der Waals surface area contributed by atoms with Gasteiger partial charge in [0.15, 0.2) is 5.17 Å². The van der Waals surface area contributed by atoms with Crippen LogP contribution < -0.4 is 4.74 Å². The van der Waals surface area contributed by atoms with Crippen LogP contribution in [0.4, 0.5) is 5.69 Å². The lowest BCUT2D eigenvalue weighted by Crippen LogP contribution is -2.28. The monoisotopic (exact) mass is 410 g/mol. The van der Waals surface area contributed by atoms with Crippen molar-refractivity contribution in [2.24, 2.45) is 4.99 Å². The van der Waals surface area contributed by atoms with Crippen LogP contribution in [0.2, 0.25) is 0 Å². The molecule has 1 heterocycles. The van der Waals surface area contributed by atoms with E-state index < -0.39 is 5.97 Å². The zero-order valence-electron chi connectivity index (χ0n) is 16.5. The van der Waals surface area contributed by atoms with E-state index in [4.69, 9.17) is 9.84 Å². The van der Waals surface area contributed by atoms with Crippen LogP contribution in [0.3, 0.4) is 0 Å². The number of carbonyl (C=O) groups excluding carboxylic acids is 1. The molecule has 150 valence electrons. The molecule has 0 radical (unpaired) electrons. The summed E-state index contributed by atoms with van der Waals surface area (Å²) in [5.41, 5.74) is 1.62. The second kappa shape index (κ2) is 8.96. The molecule has 1 amide bonds. The van der Waals surface area contributed by atoms with Crippen molar-refractivity contribution in [3.05, 3.63) is 64.6 Å². The van der Waals surface area contributed by atoms with Crippen LogP contribution in [-0.2, 0) is 4.79 Å². The summed E-state index contributed by atoms with van der Waals surface area (Å²) in [7, 11) is 0. The van der Waals surface area contributed by atoms with E-state index in [1.54, 1.807) is 17.0 Å². The average Bonchev–Trinajstić information content (AvgIpc) is 2.97. The quantitative estimate of drug-likeness (QED) is 0.692. The number of aliphatic imine (C=N–C) groups is 1. The Kier molecular flexibility index (Phi) is 6.39. The number of nitrogens with zero attached hydrogens (tertiary/aromatic N) is 2. The topological polar surface area (TPSA) is 79.2 Å². The summed E-state index contributed by atoms with van der Waals surface area (Å²) in [4.78, 5) is 30.6. The number of thioether (sulfide) groups is 1. The Hall–Kier alpha value is -3.06. The molecule has 0 spiro atoms. The fraction of sp³-hybridized carbons (Fsp3) is 0.227. The lowest BCUT2D eigenvalue weighted by molar-refractivity contribution is -0.122. The van der Waals surface area contributed by atoms with E-state index in [2.05, 4.69) is 4.99 Å². The summed E-state index contributed by atoms with van der Waals surface area (Å²) in [6.07, 6.45) is 1.85. The molecule has 0 unspecified atom stereocenters. The maximum absolute atomic E-state index is 12.9. The fourth-order valence-electron chi connectivity index (χ4n) is 2.76. The van der Waals surface area contributed by atoms with Crippen LogP contribution >= 0.6 is 11.8 Å². The second-order valence-corrected chi connectivity index (χ2v) is 7.62. The van der Waals surface area contributed by atoms with E-state index in [0.29, 0.717) is 22.3 Å². The Bertz CT molecular complexity index is 981. The molecule has 2 aromatic rings. The van der Waals surface area contributed by atoms with Gasteiger partial charge in [-0.2, -0.15) is 0 Å². The number of carbonyl (C=O) groups is 2. The minimum atomic E-state index is -0.989. The molecule has 1 aliphatic rings. The maximum Gasteiger partial charge on any atom is 0.335 e. The number of amides is 1. The average molecular weight is 410 g/mol. The number of carboxylic acids is 1. The van der Waals surface area contributed by atoms with E-state index in [-0.39, 0.29) is 17.6 Å². The number of ether oxygens (including phenoxy) is 1. The van der Waals surface area contributed by atoms with Gasteiger partial charge in [-0.3, -0.25) is 9.69 Å². The number of para-hydroxylation sites is 1. The number of hydrogen-bond acceptors (Lipinski definition) is 5. The molecular formula is C22H22N2O4S. The van der Waals surface area contributed by atoms with Crippen molar-refractivity contribution < 1.29 is 19.4 Å². The van der Waals surface area contributed by atoms with Gasteiger partial charge in [-0.25, -0.2) is 9.79 Å². The second-order valence-electron chi connectivity index (χ2n) is 6.61. The van der Waals surface area contributed by atoms with Gasteiger partial charge in [-0.1, -0.05) is 18.2 Å². The van der Waals surface area contributed by atoms with Crippen LogP contribution in [0.5, 0.6) is 5.75 Å². The summed E-state index contributed by atoms with van der Waals surface area (Å²) in [5.74, 6) is -0.379. The maximum atomic E-state index is 12.9. The van der Waals surface area contributed by atoms with Crippen molar-refractivity contribution in [3.8, 4) is 5.75 Å². The molecule has 1 N–H and O–H groups in total. The fourth-order valence-corrected chi connectivity index (χ4v) is 3.81. The Morgan fingerprint density at radius 3 is 2.52 bits per heavy atom. The van der Waals surface area contributed by atoms with E-state index >= 15 is 0 Å². The molecule has 0 aliphatic carbocycles. The number of carboxylic acid groups (broad SMARTS) is 1. The Morgan fingerprint density at radius 1 is 1.21 bits per heavy atom. The van der Waals surface area contributed by atoms with Crippen LogP contribution in [-0.4, -0.2) is 39.7 Å². The Balaban J connectivity index is 1.91. The minimum Gasteiger partial charge on any atom is -0.490 e. The van der Waals surface area contributed by atoms with Gasteiger partial charge in [0.1, 0.15) is 5.75 Å². The molecule has 1 fully saturated rings. The largest absolute Gasteiger partial charge is 0.490 e. The lowest BCUT2D eigenvalue weighted by Gasteiger charge is -2.13. The summed E-state index contributed by atoms with van der Waals surface area (Å²) in [6, 6.07) is 13.8. The standard InChI is InChI=1S/C22H22N2O4S/c1-4-24-20(25)19(13-16-7-5-6-8-18(16)28-14(2)3)29-22(24)23-17-11-9-15(10-12-17)21(26)27/h5-14H,4H2,1-3H3,(H,26,27)/b19-13+,23-22?. The van der Waals surface area contributed by atoms with Crippen LogP contribution in [0.1, 0.15) is 36.7 Å². The Labute approximate surface area is 173 Å². The van der Waals surface area contributed by atoms with Crippen molar-refractivity contribution in [2.75, 3.05) is 6.54 Å². The van der Waals surface area contributed by atoms with Crippen molar-refractivity contribution >= 4 is 40.6 Å². The highest BCUT2D eigenvalue weighted by Gasteiger charge is 2.32. The third-order valence-electron chi connectivity index (χ3n) is 4.11. The van der Waals surface area contributed by atoms with Crippen molar-refractivity contribution in [3.63, 3.8) is 0 Å². The number of aromatic carboxylic acids is 1. The molecule has 0 bridgehead atoms. The van der Waals surface area contributed by atoms with Gasteiger partial charge in [-0.15, -0.1) is 0 Å². The number of hydrogen-bond donors (Lipinski definition) is 1. The summed E-state index contributed by atoms with van der Waals surface area (Å²) < 4.78 is 5.84. The molecule has 1 aliphatic heterocycles. The molecule has 2 aromatic carbocycles. The third-order valence-corrected chi connectivity index (χ3v) is 5.12. The summed E-state index contributed by atoms with van der Waals surface area (Å²) in [6.45, 7) is 6.29. The van der Waals surface area contributed by atoms with E-state index in [9.17, 15) is 9.59 Å². The van der Waals surface area contributed by atoms with Gasteiger partial charge >= 0.3 is 5.97 Å². The zero-order valence-corrected chi connectivity index (χ0v) is 17.3. The third kappa shape index (κ3) is 4.86. The predicted molar refractivity (Wildman–Crippen MR) is 116 cm³/mol. The van der Waals surface area contributed by atoms with Gasteiger partial charge in [0.05, 0.1) is 22.3 Å². The van der Waals surface area contributed by atoms with Gasteiger partial charge < -0.3 is 9.84 Å². The molecule has 3 rings (SSSR count). The molecule has 6 nitrogen and oxygen atoms in total. The van der Waals surface area contributed by atoms with Crippen molar-refractivity contribution in [1.29, 1.82) is 0 Å². The smallest absolute Gasteiger partial charge is 0.335 e. The van der Waals surface area contributed by atoms with Gasteiger partial charge in [-0.05, 0) is 68.9 Å². The molecule has 0 atom stereocenters. The number of rotatable bonds is 6. The lowest BCUT2D eigenvalue weighted by atomic mass is 10.2. The minimum absolute atomic E-state index is 0.0273. The highest BCUT2D eigenvalue weighted by Crippen LogP contribution is 2.35.